The van der Waals surface area contributed by atoms with Crippen LogP contribution >= 0.6 is 23.2 Å². The van der Waals surface area contributed by atoms with Crippen molar-refractivity contribution in [3.63, 3.8) is 0 Å². The van der Waals surface area contributed by atoms with E-state index in [0.29, 0.717) is 15.7 Å². The van der Waals surface area contributed by atoms with Crippen LogP contribution in [0.1, 0.15) is 17.3 Å². The number of ketones is 1. The average molecular weight is 228 g/mol. The number of hydrogen-bond acceptors (Lipinski definition) is 1. The molecule has 0 aliphatic rings. The third kappa shape index (κ3) is 1.41. The van der Waals surface area contributed by atoms with Crippen LogP contribution < -0.4 is 0 Å². The quantitative estimate of drug-likeness (QED) is 0.742. The van der Waals surface area contributed by atoms with Gasteiger partial charge in [-0.2, -0.15) is 0 Å². The molecule has 0 bridgehead atoms. The Kier molecular flexibility index (Phi) is 2.25. The summed E-state index contributed by atoms with van der Waals surface area (Å²) in [6.07, 6.45) is 0. The molecular formula is C10H7Cl2NO. The predicted molar refractivity (Wildman–Crippen MR) is 58.3 cm³/mol. The van der Waals surface area contributed by atoms with Crippen LogP contribution in [0.3, 0.4) is 0 Å². The van der Waals surface area contributed by atoms with Crippen molar-refractivity contribution < 1.29 is 4.79 Å². The van der Waals surface area contributed by atoms with Gasteiger partial charge in [-0.05, 0) is 19.1 Å². The lowest BCUT2D eigenvalue weighted by atomic mass is 10.1. The van der Waals surface area contributed by atoms with Crippen molar-refractivity contribution in [3.05, 3.63) is 33.9 Å². The third-order valence-corrected chi connectivity index (χ3v) is 2.59. The Bertz CT molecular complexity index is 516. The molecule has 1 aromatic carbocycles. The van der Waals surface area contributed by atoms with E-state index in [1.54, 1.807) is 18.2 Å². The SMILES string of the molecule is CC(=O)c1c(Cl)[nH]c2cc(Cl)ccc12. The molecule has 1 heterocycles. The molecule has 0 amide bonds. The van der Waals surface area contributed by atoms with Crippen molar-refractivity contribution in [2.24, 2.45) is 0 Å². The summed E-state index contributed by atoms with van der Waals surface area (Å²) < 4.78 is 0. The molecule has 0 unspecified atom stereocenters. The van der Waals surface area contributed by atoms with E-state index in [0.717, 1.165) is 10.9 Å². The van der Waals surface area contributed by atoms with Crippen molar-refractivity contribution >= 4 is 39.9 Å². The molecule has 0 atom stereocenters. The second-order valence-electron chi connectivity index (χ2n) is 3.06. The monoisotopic (exact) mass is 227 g/mol. The van der Waals surface area contributed by atoms with E-state index in [1.807, 2.05) is 0 Å². The Balaban J connectivity index is 2.84. The van der Waals surface area contributed by atoms with Gasteiger partial charge in [0.1, 0.15) is 5.15 Å². The molecule has 0 radical (unpaired) electrons. The summed E-state index contributed by atoms with van der Waals surface area (Å²) in [5.74, 6) is -0.0522. The van der Waals surface area contributed by atoms with Crippen LogP contribution in [-0.2, 0) is 0 Å². The fourth-order valence-electron chi connectivity index (χ4n) is 1.48. The zero-order valence-electron chi connectivity index (χ0n) is 7.40. The summed E-state index contributed by atoms with van der Waals surface area (Å²) in [6.45, 7) is 1.49. The number of carbonyl (C=O) groups excluding carboxylic acids is 1. The largest absolute Gasteiger partial charge is 0.345 e. The zero-order valence-corrected chi connectivity index (χ0v) is 8.91. The first-order valence-electron chi connectivity index (χ1n) is 4.07. The highest BCUT2D eigenvalue weighted by Crippen LogP contribution is 2.28. The van der Waals surface area contributed by atoms with E-state index < -0.39 is 0 Å². The summed E-state index contributed by atoms with van der Waals surface area (Å²) in [5.41, 5.74) is 1.31. The van der Waals surface area contributed by atoms with E-state index in [2.05, 4.69) is 4.98 Å². The molecule has 2 nitrogen and oxygen atoms in total. The van der Waals surface area contributed by atoms with Crippen molar-refractivity contribution in [3.8, 4) is 0 Å². The number of rotatable bonds is 1. The molecule has 4 heteroatoms. The molecule has 0 aliphatic heterocycles. The smallest absolute Gasteiger partial charge is 0.163 e. The van der Waals surface area contributed by atoms with Gasteiger partial charge in [0.05, 0.1) is 5.56 Å². The van der Waals surface area contributed by atoms with Gasteiger partial charge in [0.15, 0.2) is 5.78 Å². The summed E-state index contributed by atoms with van der Waals surface area (Å²) in [6, 6.07) is 5.27. The maximum Gasteiger partial charge on any atom is 0.163 e. The summed E-state index contributed by atoms with van der Waals surface area (Å²) in [7, 11) is 0. The van der Waals surface area contributed by atoms with Gasteiger partial charge >= 0.3 is 0 Å². The van der Waals surface area contributed by atoms with Gasteiger partial charge in [-0.1, -0.05) is 29.3 Å². The van der Waals surface area contributed by atoms with Crippen LogP contribution in [0.2, 0.25) is 10.2 Å². The van der Waals surface area contributed by atoms with Gasteiger partial charge in [-0.25, -0.2) is 0 Å². The first kappa shape index (κ1) is 9.56. The lowest BCUT2D eigenvalue weighted by Crippen LogP contribution is -1.90. The molecule has 1 N–H and O–H groups in total. The number of hydrogen-bond donors (Lipinski definition) is 1. The van der Waals surface area contributed by atoms with E-state index in [-0.39, 0.29) is 5.78 Å². The fraction of sp³-hybridized carbons (Fsp3) is 0.100. The van der Waals surface area contributed by atoms with E-state index in [1.165, 1.54) is 6.92 Å². The summed E-state index contributed by atoms with van der Waals surface area (Å²) in [4.78, 5) is 14.2. The standard InChI is InChI=1S/C10H7Cl2NO/c1-5(14)9-7-3-2-6(11)4-8(7)13-10(9)12/h2-4,13H,1H3. The number of Topliss-reactive ketones (excluding diaryl/α,β-unsaturated/α-hetero) is 1. The van der Waals surface area contributed by atoms with E-state index in [4.69, 9.17) is 23.2 Å². The Hall–Kier alpha value is -0.990. The topological polar surface area (TPSA) is 32.9 Å². The molecule has 2 aromatic rings. The lowest BCUT2D eigenvalue weighted by Gasteiger charge is -1.93. The van der Waals surface area contributed by atoms with Gasteiger partial charge in [0.2, 0.25) is 0 Å². The van der Waals surface area contributed by atoms with Crippen LogP contribution in [0.5, 0.6) is 0 Å². The summed E-state index contributed by atoms with van der Waals surface area (Å²) >= 11 is 11.7. The fourth-order valence-corrected chi connectivity index (χ4v) is 1.99. The number of fused-ring (bicyclic) bond motifs is 1. The van der Waals surface area contributed by atoms with Crippen molar-refractivity contribution in [1.82, 2.24) is 4.98 Å². The Morgan fingerprint density at radius 1 is 1.36 bits per heavy atom. The first-order chi connectivity index (χ1) is 6.59. The molecular weight excluding hydrogens is 221 g/mol. The number of carbonyl (C=O) groups is 1. The molecule has 2 rings (SSSR count). The van der Waals surface area contributed by atoms with Gasteiger partial charge < -0.3 is 4.98 Å². The number of benzene rings is 1. The average Bonchev–Trinajstić information content (AvgIpc) is 2.39. The Labute approximate surface area is 90.8 Å². The van der Waals surface area contributed by atoms with E-state index >= 15 is 0 Å². The minimum absolute atomic E-state index is 0.0522. The molecule has 0 saturated carbocycles. The van der Waals surface area contributed by atoms with Crippen LogP contribution in [0, 0.1) is 0 Å². The van der Waals surface area contributed by atoms with Crippen molar-refractivity contribution in [2.75, 3.05) is 0 Å². The number of aromatic amines is 1. The number of aromatic nitrogens is 1. The minimum atomic E-state index is -0.0522. The Morgan fingerprint density at radius 2 is 2.07 bits per heavy atom. The third-order valence-electron chi connectivity index (χ3n) is 2.07. The van der Waals surface area contributed by atoms with Gasteiger partial charge in [0, 0.05) is 15.9 Å². The molecule has 0 saturated heterocycles. The number of halogens is 2. The highest BCUT2D eigenvalue weighted by Gasteiger charge is 2.13. The van der Waals surface area contributed by atoms with Crippen molar-refractivity contribution in [2.45, 2.75) is 6.92 Å². The van der Waals surface area contributed by atoms with Crippen LogP contribution in [0.4, 0.5) is 0 Å². The maximum absolute atomic E-state index is 11.3. The van der Waals surface area contributed by atoms with E-state index in [9.17, 15) is 4.79 Å². The highest BCUT2D eigenvalue weighted by molar-refractivity contribution is 6.36. The maximum atomic E-state index is 11.3. The summed E-state index contributed by atoms with van der Waals surface area (Å²) in [5, 5.41) is 1.80. The highest BCUT2D eigenvalue weighted by atomic mass is 35.5. The van der Waals surface area contributed by atoms with Gasteiger partial charge in [0.25, 0.3) is 0 Å². The number of nitrogens with one attached hydrogen (secondary N) is 1. The van der Waals surface area contributed by atoms with Crippen LogP contribution in [0.25, 0.3) is 10.9 Å². The minimum Gasteiger partial charge on any atom is -0.345 e. The molecule has 14 heavy (non-hydrogen) atoms. The molecule has 0 spiro atoms. The van der Waals surface area contributed by atoms with Crippen LogP contribution in [-0.4, -0.2) is 10.8 Å². The molecule has 1 aromatic heterocycles. The lowest BCUT2D eigenvalue weighted by molar-refractivity contribution is 0.101. The zero-order chi connectivity index (χ0) is 10.3. The molecule has 0 aliphatic carbocycles. The van der Waals surface area contributed by atoms with Crippen LogP contribution in [0.15, 0.2) is 18.2 Å². The second-order valence-corrected chi connectivity index (χ2v) is 3.87. The molecule has 0 fully saturated rings. The second kappa shape index (κ2) is 3.30. The van der Waals surface area contributed by atoms with Crippen molar-refractivity contribution in [1.29, 1.82) is 0 Å². The predicted octanol–water partition coefficient (Wildman–Crippen LogP) is 3.68. The normalized spacial score (nSPS) is 10.8. The first-order valence-corrected chi connectivity index (χ1v) is 4.83. The number of H-pyrrole nitrogens is 1. The Morgan fingerprint density at radius 3 is 2.71 bits per heavy atom. The van der Waals surface area contributed by atoms with Gasteiger partial charge in [-0.3, -0.25) is 4.79 Å². The van der Waals surface area contributed by atoms with Gasteiger partial charge in [-0.15, -0.1) is 0 Å². The molecule has 72 valence electrons.